The van der Waals surface area contributed by atoms with Gasteiger partial charge in [-0.1, -0.05) is 15.9 Å². The zero-order valence-electron chi connectivity index (χ0n) is 5.80. The van der Waals surface area contributed by atoms with Crippen molar-refractivity contribution in [3.05, 3.63) is 26.2 Å². The van der Waals surface area contributed by atoms with Crippen molar-refractivity contribution in [1.29, 1.82) is 0 Å². The highest BCUT2D eigenvalue weighted by Crippen LogP contribution is 2.21. The van der Waals surface area contributed by atoms with Gasteiger partial charge in [0.05, 0.1) is 3.57 Å². The van der Waals surface area contributed by atoms with E-state index in [1.807, 2.05) is 18.2 Å². The van der Waals surface area contributed by atoms with E-state index in [1.54, 1.807) is 6.26 Å². The topological polar surface area (TPSA) is 23.1 Å². The van der Waals surface area contributed by atoms with Gasteiger partial charge in [-0.25, -0.2) is 0 Å². The molecule has 0 aliphatic rings. The second kappa shape index (κ2) is 4.11. The lowest BCUT2D eigenvalue weighted by molar-refractivity contribution is 0.600. The maximum Gasteiger partial charge on any atom is 0.165 e. The molecule has 0 N–H and O–H groups in total. The van der Waals surface area contributed by atoms with Crippen LogP contribution in [0, 0.1) is 3.57 Å². The fourth-order valence-corrected chi connectivity index (χ4v) is 3.54. The first kappa shape index (κ1) is 9.83. The third-order valence-electron chi connectivity index (χ3n) is 1.20. The molecule has 0 saturated carbocycles. The van der Waals surface area contributed by atoms with Crippen molar-refractivity contribution >= 4 is 49.7 Å². The molecule has 0 amide bonds. The van der Waals surface area contributed by atoms with E-state index in [2.05, 4.69) is 38.5 Å². The van der Waals surface area contributed by atoms with E-state index in [9.17, 15) is 4.55 Å². The SMILES string of the molecule is C[S+]([O-])c1ccc(Br)cc1I. The lowest BCUT2D eigenvalue weighted by Gasteiger charge is -2.05. The number of rotatable bonds is 1. The molecule has 1 nitrogen and oxygen atoms in total. The first-order valence-corrected chi connectivity index (χ1v) is 6.32. The van der Waals surface area contributed by atoms with Gasteiger partial charge in [-0.3, -0.25) is 0 Å². The van der Waals surface area contributed by atoms with Crippen LogP contribution in [0.3, 0.4) is 0 Å². The number of benzene rings is 1. The van der Waals surface area contributed by atoms with Gasteiger partial charge in [0.15, 0.2) is 4.90 Å². The van der Waals surface area contributed by atoms with E-state index in [4.69, 9.17) is 0 Å². The van der Waals surface area contributed by atoms with Crippen molar-refractivity contribution in [2.75, 3.05) is 6.26 Å². The van der Waals surface area contributed by atoms with Crippen molar-refractivity contribution < 1.29 is 4.55 Å². The van der Waals surface area contributed by atoms with Crippen molar-refractivity contribution in [1.82, 2.24) is 0 Å². The zero-order chi connectivity index (χ0) is 8.43. The minimum Gasteiger partial charge on any atom is -0.612 e. The Hall–Kier alpha value is 0.740. The standard InChI is InChI=1S/C7H6BrIOS/c1-11(10)7-3-2-5(8)4-6(7)9/h2-4H,1H3. The molecule has 1 unspecified atom stereocenters. The van der Waals surface area contributed by atoms with Crippen LogP contribution in [0.2, 0.25) is 0 Å². The molecule has 11 heavy (non-hydrogen) atoms. The zero-order valence-corrected chi connectivity index (χ0v) is 10.4. The van der Waals surface area contributed by atoms with E-state index >= 15 is 0 Å². The maximum atomic E-state index is 11.1. The summed E-state index contributed by atoms with van der Waals surface area (Å²) in [4.78, 5) is 0.897. The van der Waals surface area contributed by atoms with Gasteiger partial charge in [0, 0.05) is 4.47 Å². The summed E-state index contributed by atoms with van der Waals surface area (Å²) in [5.74, 6) is 0. The largest absolute Gasteiger partial charge is 0.612 e. The third-order valence-corrected chi connectivity index (χ3v) is 3.93. The fourth-order valence-electron chi connectivity index (χ4n) is 0.708. The van der Waals surface area contributed by atoms with E-state index in [0.717, 1.165) is 12.9 Å². The van der Waals surface area contributed by atoms with Gasteiger partial charge in [-0.2, -0.15) is 0 Å². The molecule has 0 aliphatic heterocycles. The summed E-state index contributed by atoms with van der Waals surface area (Å²) in [5, 5.41) is 0. The molecule has 1 atom stereocenters. The summed E-state index contributed by atoms with van der Waals surface area (Å²) in [6, 6.07) is 5.73. The molecule has 1 aromatic carbocycles. The molecular weight excluding hydrogens is 339 g/mol. The molecule has 4 heteroatoms. The molecule has 0 radical (unpaired) electrons. The Labute approximate surface area is 91.0 Å². The Bertz CT molecular complexity index is 265. The molecule has 0 bridgehead atoms. The van der Waals surface area contributed by atoms with E-state index in [1.165, 1.54) is 0 Å². The van der Waals surface area contributed by atoms with Crippen molar-refractivity contribution in [3.63, 3.8) is 0 Å². The Kier molecular flexibility index (Phi) is 3.67. The maximum absolute atomic E-state index is 11.1. The van der Waals surface area contributed by atoms with Gasteiger partial charge in [0.1, 0.15) is 6.26 Å². The predicted octanol–water partition coefficient (Wildman–Crippen LogP) is 2.79. The minimum atomic E-state index is -0.877. The van der Waals surface area contributed by atoms with Crippen LogP contribution in [0.25, 0.3) is 0 Å². The summed E-state index contributed by atoms with van der Waals surface area (Å²) in [7, 11) is 0. The monoisotopic (exact) mass is 344 g/mol. The second-order valence-electron chi connectivity index (χ2n) is 2.03. The van der Waals surface area contributed by atoms with E-state index in [-0.39, 0.29) is 0 Å². The molecule has 1 aromatic rings. The lowest BCUT2D eigenvalue weighted by atomic mass is 10.4. The van der Waals surface area contributed by atoms with Crippen molar-refractivity contribution in [2.45, 2.75) is 4.90 Å². The molecule has 0 saturated heterocycles. The van der Waals surface area contributed by atoms with Gasteiger partial charge in [0.25, 0.3) is 0 Å². The Morgan fingerprint density at radius 3 is 2.64 bits per heavy atom. The predicted molar refractivity (Wildman–Crippen MR) is 59.2 cm³/mol. The Morgan fingerprint density at radius 2 is 2.18 bits per heavy atom. The van der Waals surface area contributed by atoms with Crippen LogP contribution < -0.4 is 0 Å². The fraction of sp³-hybridized carbons (Fsp3) is 0.143. The lowest BCUT2D eigenvalue weighted by Crippen LogP contribution is -1.99. The van der Waals surface area contributed by atoms with Gasteiger partial charge in [-0.05, 0) is 52.0 Å². The summed E-state index contributed by atoms with van der Waals surface area (Å²) in [6.07, 6.45) is 1.69. The first-order valence-electron chi connectivity index (χ1n) is 2.90. The summed E-state index contributed by atoms with van der Waals surface area (Å²) >= 11 is 4.64. The highest BCUT2D eigenvalue weighted by Gasteiger charge is 2.08. The van der Waals surface area contributed by atoms with Gasteiger partial charge in [-0.15, -0.1) is 0 Å². The van der Waals surface area contributed by atoms with Gasteiger partial charge >= 0.3 is 0 Å². The average molecular weight is 345 g/mol. The van der Waals surface area contributed by atoms with E-state index < -0.39 is 11.2 Å². The van der Waals surface area contributed by atoms with Crippen molar-refractivity contribution in [2.24, 2.45) is 0 Å². The average Bonchev–Trinajstić information content (AvgIpc) is 1.85. The smallest absolute Gasteiger partial charge is 0.165 e. The second-order valence-corrected chi connectivity index (χ2v) is 5.45. The van der Waals surface area contributed by atoms with Crippen LogP contribution in [0.4, 0.5) is 0 Å². The van der Waals surface area contributed by atoms with Crippen LogP contribution in [-0.4, -0.2) is 10.8 Å². The number of halogens is 2. The van der Waals surface area contributed by atoms with Crippen LogP contribution >= 0.6 is 38.5 Å². The molecule has 0 fully saturated rings. The molecule has 60 valence electrons. The quantitative estimate of drug-likeness (QED) is 0.567. The highest BCUT2D eigenvalue weighted by molar-refractivity contribution is 14.1. The molecule has 0 heterocycles. The minimum absolute atomic E-state index is 0.877. The highest BCUT2D eigenvalue weighted by atomic mass is 127. The molecule has 0 spiro atoms. The van der Waals surface area contributed by atoms with Crippen LogP contribution in [-0.2, 0) is 11.2 Å². The van der Waals surface area contributed by atoms with Crippen LogP contribution in [0.15, 0.2) is 27.6 Å². The van der Waals surface area contributed by atoms with Gasteiger partial charge < -0.3 is 4.55 Å². The molecule has 0 aliphatic carbocycles. The molecular formula is C7H6BrIOS. The van der Waals surface area contributed by atoms with Crippen LogP contribution in [0.1, 0.15) is 0 Å². The van der Waals surface area contributed by atoms with Crippen molar-refractivity contribution in [3.8, 4) is 0 Å². The molecule has 1 rings (SSSR count). The number of hydrogen-bond donors (Lipinski definition) is 0. The normalized spacial score (nSPS) is 13.1. The molecule has 0 aromatic heterocycles. The Morgan fingerprint density at radius 1 is 1.55 bits per heavy atom. The first-order chi connectivity index (χ1) is 5.11. The van der Waals surface area contributed by atoms with E-state index in [0.29, 0.717) is 0 Å². The summed E-state index contributed by atoms with van der Waals surface area (Å²) in [6.45, 7) is 0. The van der Waals surface area contributed by atoms with Crippen LogP contribution in [0.5, 0.6) is 0 Å². The third kappa shape index (κ3) is 2.61. The number of hydrogen-bond acceptors (Lipinski definition) is 1. The summed E-state index contributed by atoms with van der Waals surface area (Å²) in [5.41, 5.74) is 0. The Balaban J connectivity index is 3.09. The van der Waals surface area contributed by atoms with Gasteiger partial charge in [0.2, 0.25) is 0 Å². The summed E-state index contributed by atoms with van der Waals surface area (Å²) < 4.78 is 13.1.